The average Bonchev–Trinajstić information content (AvgIpc) is 2.96. The number of nitrogens with two attached hydrogens (primary N) is 4. The topological polar surface area (TPSA) is 264 Å². The van der Waals surface area contributed by atoms with Gasteiger partial charge in [0.05, 0.1) is 0 Å². The number of aliphatic imine (C=N–C) groups is 1. The van der Waals surface area contributed by atoms with Crippen LogP contribution >= 0.6 is 0 Å². The maximum Gasteiger partial charge on any atom is 0.490 e. The third-order valence-corrected chi connectivity index (χ3v) is 6.81. The number of carbonyl (C=O) groups is 5. The summed E-state index contributed by atoms with van der Waals surface area (Å²) < 4.78 is 31.7. The number of aliphatic carboxylic acids is 1. The number of amidine groups is 1. The van der Waals surface area contributed by atoms with Crippen LogP contribution in [0.2, 0.25) is 0 Å². The van der Waals surface area contributed by atoms with Gasteiger partial charge >= 0.3 is 12.1 Å². The van der Waals surface area contributed by atoms with Crippen molar-refractivity contribution < 1.29 is 42.3 Å². The van der Waals surface area contributed by atoms with Crippen LogP contribution < -0.4 is 28.3 Å². The zero-order valence-corrected chi connectivity index (χ0v) is 26.4. The lowest BCUT2D eigenvalue weighted by atomic mass is 9.92. The van der Waals surface area contributed by atoms with Crippen molar-refractivity contribution in [1.29, 1.82) is 5.41 Å². The second-order valence-electron chi connectivity index (χ2n) is 10.6. The molecule has 0 radical (unpaired) electrons. The first kappa shape index (κ1) is 41.1. The van der Waals surface area contributed by atoms with Crippen LogP contribution in [0.4, 0.5) is 13.2 Å². The Kier molecular flexibility index (Phi) is 16.8. The van der Waals surface area contributed by atoms with E-state index in [1.807, 2.05) is 13.8 Å². The van der Waals surface area contributed by atoms with E-state index >= 15 is 0 Å². The van der Waals surface area contributed by atoms with Gasteiger partial charge in [0.1, 0.15) is 23.8 Å². The average molecular weight is 660 g/mol. The Hall–Kier alpha value is -4.90. The number of likely N-dealkylation sites (N-methyl/N-ethyl adjacent to an activating group) is 1. The standard InChI is InChI=1S/C26H43N9O4.C2HF3O2/c1-6-15(2)20(23(37)33-19(22(29)36)8-7-13-32-26(30)31)35(5)25(39)18(24(38)34(3)4)14-16-9-11-17(12-10-16)21(27)28;3-2(4,5)1(6)7/h9-12,15,18-20H,6-8,13-14H2,1-5H3,(H3,27,28)(H2,29,36)(H,33,37)(H4,30,31,32);(H,6,7)/t15?,18?,19-,20?;/m0./s1. The van der Waals surface area contributed by atoms with E-state index < -0.39 is 53.8 Å². The van der Waals surface area contributed by atoms with Crippen molar-refractivity contribution in [3.8, 4) is 0 Å². The number of benzene rings is 1. The molecule has 1 rings (SSSR count). The molecule has 15 nitrogen and oxygen atoms in total. The van der Waals surface area contributed by atoms with Crippen LogP contribution in [0.25, 0.3) is 0 Å². The number of primary amides is 1. The first-order valence-electron chi connectivity index (χ1n) is 14.0. The van der Waals surface area contributed by atoms with Crippen molar-refractivity contribution in [1.82, 2.24) is 15.1 Å². The van der Waals surface area contributed by atoms with Gasteiger partial charge in [-0.3, -0.25) is 29.6 Å². The van der Waals surface area contributed by atoms with Gasteiger partial charge in [-0.15, -0.1) is 0 Å². The molecule has 4 amide bonds. The molecule has 258 valence electrons. The molecule has 0 aliphatic carbocycles. The molecular formula is C28H44F3N9O6. The number of nitrogens with zero attached hydrogens (tertiary/aromatic N) is 3. The van der Waals surface area contributed by atoms with E-state index in [1.165, 1.54) is 16.8 Å². The van der Waals surface area contributed by atoms with Crippen molar-refractivity contribution in [2.24, 2.45) is 39.8 Å². The highest BCUT2D eigenvalue weighted by molar-refractivity contribution is 6.02. The van der Waals surface area contributed by atoms with Crippen molar-refractivity contribution in [3.63, 3.8) is 0 Å². The fraction of sp³-hybridized carbons (Fsp3) is 0.536. The smallest absolute Gasteiger partial charge is 0.475 e. The summed E-state index contributed by atoms with van der Waals surface area (Å²) in [5.41, 5.74) is 22.9. The number of alkyl halides is 3. The Bertz CT molecular complexity index is 1250. The number of carbonyl (C=O) groups excluding carboxylic acids is 4. The second kappa shape index (κ2) is 18.8. The van der Waals surface area contributed by atoms with Gasteiger partial charge in [0.15, 0.2) is 5.96 Å². The maximum atomic E-state index is 13.7. The van der Waals surface area contributed by atoms with E-state index in [-0.39, 0.29) is 37.1 Å². The number of carboxylic acid groups (broad SMARTS) is 1. The molecule has 0 fully saturated rings. The van der Waals surface area contributed by atoms with Crippen LogP contribution in [0, 0.1) is 17.2 Å². The molecule has 0 heterocycles. The molecule has 0 bridgehead atoms. The van der Waals surface area contributed by atoms with Crippen molar-refractivity contribution in [2.45, 2.75) is 57.8 Å². The number of hydrogen-bond donors (Lipinski definition) is 7. The Morgan fingerprint density at radius 2 is 1.52 bits per heavy atom. The van der Waals surface area contributed by atoms with Crippen molar-refractivity contribution in [2.75, 3.05) is 27.7 Å². The SMILES string of the molecule is CCC(C)C(C(=O)N[C@@H](CCCN=C(N)N)C(N)=O)N(C)C(=O)C(Cc1ccc(C(=N)N)cc1)C(=O)N(C)C.O=C(O)C(F)(F)F. The van der Waals surface area contributed by atoms with Gasteiger partial charge in [0.25, 0.3) is 0 Å². The maximum absolute atomic E-state index is 13.7. The second-order valence-corrected chi connectivity index (χ2v) is 10.6. The van der Waals surface area contributed by atoms with Gasteiger partial charge in [-0.2, -0.15) is 13.2 Å². The number of nitrogen functional groups attached to an aromatic ring is 1. The minimum Gasteiger partial charge on any atom is -0.475 e. The summed E-state index contributed by atoms with van der Waals surface area (Å²) in [6.45, 7) is 3.95. The molecule has 1 aromatic carbocycles. The fourth-order valence-electron chi connectivity index (χ4n) is 4.12. The molecule has 0 aromatic heterocycles. The normalized spacial score (nSPS) is 13.4. The van der Waals surface area contributed by atoms with Crippen LogP contribution in [0.1, 0.15) is 44.2 Å². The number of hydrogen-bond acceptors (Lipinski definition) is 7. The molecule has 0 spiro atoms. The van der Waals surface area contributed by atoms with Gasteiger partial charge < -0.3 is 43.2 Å². The van der Waals surface area contributed by atoms with Crippen molar-refractivity contribution >= 4 is 41.4 Å². The first-order chi connectivity index (χ1) is 21.1. The summed E-state index contributed by atoms with van der Waals surface area (Å²) >= 11 is 0. The van der Waals surface area contributed by atoms with Crippen LogP contribution in [0.15, 0.2) is 29.3 Å². The summed E-state index contributed by atoms with van der Waals surface area (Å²) in [4.78, 5) is 67.7. The number of amides is 4. The number of nitrogens with one attached hydrogen (secondary N) is 2. The molecule has 11 N–H and O–H groups in total. The van der Waals surface area contributed by atoms with Crippen LogP contribution in [-0.4, -0.2) is 102 Å². The van der Waals surface area contributed by atoms with Gasteiger partial charge in [-0.05, 0) is 30.7 Å². The van der Waals surface area contributed by atoms with Gasteiger partial charge in [0, 0.05) is 33.3 Å². The lowest BCUT2D eigenvalue weighted by Crippen LogP contribution is -2.57. The highest BCUT2D eigenvalue weighted by Gasteiger charge is 2.39. The fourth-order valence-corrected chi connectivity index (χ4v) is 4.12. The zero-order valence-electron chi connectivity index (χ0n) is 26.4. The highest BCUT2D eigenvalue weighted by atomic mass is 19.4. The van der Waals surface area contributed by atoms with E-state index in [9.17, 15) is 32.3 Å². The van der Waals surface area contributed by atoms with Gasteiger partial charge in [-0.1, -0.05) is 44.5 Å². The first-order valence-corrected chi connectivity index (χ1v) is 14.0. The summed E-state index contributed by atoms with van der Waals surface area (Å²) in [5, 5.41) is 17.3. The van der Waals surface area contributed by atoms with Gasteiger partial charge in [-0.25, -0.2) is 4.79 Å². The predicted octanol–water partition coefficient (Wildman–Crippen LogP) is -0.252. The Balaban J connectivity index is 0.00000258. The molecule has 4 atom stereocenters. The van der Waals surface area contributed by atoms with Gasteiger partial charge in [0.2, 0.25) is 23.6 Å². The summed E-state index contributed by atoms with van der Waals surface area (Å²) in [6, 6.07) is 4.77. The van der Waals surface area contributed by atoms with Crippen molar-refractivity contribution in [3.05, 3.63) is 35.4 Å². The largest absolute Gasteiger partial charge is 0.490 e. The van der Waals surface area contributed by atoms with E-state index in [1.54, 1.807) is 38.4 Å². The number of carboxylic acids is 1. The highest BCUT2D eigenvalue weighted by Crippen LogP contribution is 2.21. The monoisotopic (exact) mass is 659 g/mol. The molecule has 0 saturated carbocycles. The molecule has 0 aliphatic heterocycles. The minimum absolute atomic E-state index is 0.0803. The zero-order chi connectivity index (χ0) is 35.9. The lowest BCUT2D eigenvalue weighted by molar-refractivity contribution is -0.192. The summed E-state index contributed by atoms with van der Waals surface area (Å²) in [5.74, 6) is -6.54. The van der Waals surface area contributed by atoms with Crippen LogP contribution in [0.3, 0.4) is 0 Å². The molecule has 0 saturated heterocycles. The minimum atomic E-state index is -5.08. The third-order valence-electron chi connectivity index (χ3n) is 6.81. The molecule has 0 aliphatic rings. The van der Waals surface area contributed by atoms with Crippen LogP contribution in [-0.2, 0) is 30.4 Å². The van der Waals surface area contributed by atoms with E-state index in [2.05, 4.69) is 10.3 Å². The number of guanidine groups is 1. The number of halogens is 3. The summed E-state index contributed by atoms with van der Waals surface area (Å²) in [7, 11) is 4.59. The Morgan fingerprint density at radius 1 is 1.00 bits per heavy atom. The quantitative estimate of drug-likeness (QED) is 0.0565. The Labute approximate surface area is 265 Å². The molecule has 3 unspecified atom stereocenters. The van der Waals surface area contributed by atoms with E-state index in [4.69, 9.17) is 38.2 Å². The van der Waals surface area contributed by atoms with E-state index in [0.717, 1.165) is 0 Å². The lowest BCUT2D eigenvalue weighted by Gasteiger charge is -2.35. The molecular weight excluding hydrogens is 615 g/mol. The van der Waals surface area contributed by atoms with E-state index in [0.29, 0.717) is 24.0 Å². The predicted molar refractivity (Wildman–Crippen MR) is 164 cm³/mol. The molecule has 46 heavy (non-hydrogen) atoms. The Morgan fingerprint density at radius 3 is 1.91 bits per heavy atom. The summed E-state index contributed by atoms with van der Waals surface area (Å²) in [6.07, 6.45) is -3.83. The third kappa shape index (κ3) is 13.8. The van der Waals surface area contributed by atoms with Crippen LogP contribution in [0.5, 0.6) is 0 Å². The molecule has 1 aromatic rings. The molecule has 18 heteroatoms. The number of rotatable bonds is 15.